The molecule has 1 amide bonds. The minimum Gasteiger partial charge on any atom is -0.466 e. The maximum Gasteiger partial charge on any atom is 0.287 e. The SMILES string of the molecule is O=C(c1cccn2ccnc12)N1CCC(F)(F)[C@@H](Oc2ccc3cc(I)ccc3n2)C1. The molecule has 0 spiro atoms. The Kier molecular flexibility index (Phi) is 4.99. The second-order valence-electron chi connectivity index (χ2n) is 7.44. The lowest BCUT2D eigenvalue weighted by Gasteiger charge is -2.38. The summed E-state index contributed by atoms with van der Waals surface area (Å²) >= 11 is 2.20. The lowest BCUT2D eigenvalue weighted by atomic mass is 10.0. The largest absolute Gasteiger partial charge is 0.466 e. The number of amides is 1. The fourth-order valence-corrected chi connectivity index (χ4v) is 4.27. The van der Waals surface area contributed by atoms with E-state index in [0.29, 0.717) is 16.7 Å². The Balaban J connectivity index is 1.40. The molecular formula is C22H17F2IN4O2. The number of imidazole rings is 1. The van der Waals surface area contributed by atoms with Gasteiger partial charge in [-0.25, -0.2) is 18.7 Å². The maximum absolute atomic E-state index is 14.7. The number of alkyl halides is 2. The van der Waals surface area contributed by atoms with Gasteiger partial charge in [-0.3, -0.25) is 4.79 Å². The Bertz CT molecular complexity index is 1290. The van der Waals surface area contributed by atoms with E-state index >= 15 is 0 Å². The molecule has 0 aliphatic carbocycles. The number of aromatic nitrogens is 3. The highest BCUT2D eigenvalue weighted by atomic mass is 127. The monoisotopic (exact) mass is 534 g/mol. The molecule has 158 valence electrons. The second-order valence-corrected chi connectivity index (χ2v) is 8.68. The van der Waals surface area contributed by atoms with Gasteiger partial charge in [-0.15, -0.1) is 0 Å². The van der Waals surface area contributed by atoms with Gasteiger partial charge in [-0.1, -0.05) is 0 Å². The van der Waals surface area contributed by atoms with Crippen LogP contribution in [0.4, 0.5) is 8.78 Å². The third-order valence-electron chi connectivity index (χ3n) is 5.40. The summed E-state index contributed by atoms with van der Waals surface area (Å²) in [6, 6.07) is 12.4. The van der Waals surface area contributed by atoms with E-state index in [4.69, 9.17) is 4.74 Å². The lowest BCUT2D eigenvalue weighted by molar-refractivity contribution is -0.131. The number of carbonyl (C=O) groups is 1. The van der Waals surface area contributed by atoms with Crippen molar-refractivity contribution in [3.05, 3.63) is 70.2 Å². The third-order valence-corrected chi connectivity index (χ3v) is 6.07. The van der Waals surface area contributed by atoms with Gasteiger partial charge in [0.1, 0.15) is 5.65 Å². The van der Waals surface area contributed by atoms with Gasteiger partial charge in [0.2, 0.25) is 5.88 Å². The molecular weight excluding hydrogens is 517 g/mol. The van der Waals surface area contributed by atoms with Crippen molar-refractivity contribution in [3.63, 3.8) is 0 Å². The van der Waals surface area contributed by atoms with Crippen molar-refractivity contribution in [2.75, 3.05) is 13.1 Å². The van der Waals surface area contributed by atoms with Crippen LogP contribution in [-0.2, 0) is 0 Å². The van der Waals surface area contributed by atoms with Crippen LogP contribution in [0.1, 0.15) is 16.8 Å². The van der Waals surface area contributed by atoms with Gasteiger partial charge >= 0.3 is 0 Å². The van der Waals surface area contributed by atoms with Crippen molar-refractivity contribution >= 4 is 45.0 Å². The van der Waals surface area contributed by atoms with E-state index < -0.39 is 18.4 Å². The number of rotatable bonds is 3. The predicted molar refractivity (Wildman–Crippen MR) is 120 cm³/mol. The number of ether oxygens (including phenoxy) is 1. The fourth-order valence-electron chi connectivity index (χ4n) is 3.75. The highest BCUT2D eigenvalue weighted by molar-refractivity contribution is 14.1. The molecule has 4 aromatic rings. The summed E-state index contributed by atoms with van der Waals surface area (Å²) in [5.74, 6) is -3.30. The van der Waals surface area contributed by atoms with Crippen molar-refractivity contribution in [1.29, 1.82) is 0 Å². The van der Waals surface area contributed by atoms with Crippen LogP contribution in [0, 0.1) is 3.57 Å². The average Bonchev–Trinajstić information content (AvgIpc) is 3.24. The zero-order valence-corrected chi connectivity index (χ0v) is 18.4. The van der Waals surface area contributed by atoms with Crippen LogP contribution >= 0.6 is 22.6 Å². The highest BCUT2D eigenvalue weighted by Crippen LogP contribution is 2.32. The number of hydrogen-bond donors (Lipinski definition) is 0. The molecule has 1 aliphatic heterocycles. The number of pyridine rings is 2. The minimum absolute atomic E-state index is 0.0585. The van der Waals surface area contributed by atoms with Gasteiger partial charge in [-0.05, 0) is 59.0 Å². The number of benzene rings is 1. The smallest absolute Gasteiger partial charge is 0.287 e. The topological polar surface area (TPSA) is 59.7 Å². The molecule has 9 heteroatoms. The summed E-state index contributed by atoms with van der Waals surface area (Å²) in [6.07, 6.45) is 3.14. The summed E-state index contributed by atoms with van der Waals surface area (Å²) in [7, 11) is 0. The molecule has 3 aromatic heterocycles. The maximum atomic E-state index is 14.7. The second kappa shape index (κ2) is 7.70. The number of nitrogens with zero attached hydrogens (tertiary/aromatic N) is 4. The van der Waals surface area contributed by atoms with Crippen LogP contribution in [0.3, 0.4) is 0 Å². The highest BCUT2D eigenvalue weighted by Gasteiger charge is 2.47. The van der Waals surface area contributed by atoms with E-state index in [0.717, 1.165) is 8.96 Å². The molecule has 0 bridgehead atoms. The van der Waals surface area contributed by atoms with E-state index in [2.05, 4.69) is 32.6 Å². The first-order valence-electron chi connectivity index (χ1n) is 9.72. The van der Waals surface area contributed by atoms with E-state index in [1.54, 1.807) is 47.3 Å². The first-order valence-corrected chi connectivity index (χ1v) is 10.8. The summed E-state index contributed by atoms with van der Waals surface area (Å²) in [6.45, 7) is -0.295. The van der Waals surface area contributed by atoms with Gasteiger partial charge in [0, 0.05) is 46.6 Å². The number of fused-ring (bicyclic) bond motifs is 2. The molecule has 0 unspecified atom stereocenters. The molecule has 4 heterocycles. The van der Waals surface area contributed by atoms with E-state index in [9.17, 15) is 13.6 Å². The van der Waals surface area contributed by atoms with Crippen LogP contribution < -0.4 is 4.74 Å². The van der Waals surface area contributed by atoms with Gasteiger partial charge in [-0.2, -0.15) is 0 Å². The van der Waals surface area contributed by atoms with E-state index in [1.165, 1.54) is 4.90 Å². The number of piperidine rings is 1. The van der Waals surface area contributed by atoms with Gasteiger partial charge in [0.15, 0.2) is 6.10 Å². The summed E-state index contributed by atoms with van der Waals surface area (Å²) in [5, 5.41) is 0.902. The first kappa shape index (κ1) is 20.1. The van der Waals surface area contributed by atoms with Crippen molar-refractivity contribution in [1.82, 2.24) is 19.3 Å². The molecule has 31 heavy (non-hydrogen) atoms. The number of carbonyl (C=O) groups excluding carboxylic acids is 1. The van der Waals surface area contributed by atoms with E-state index in [-0.39, 0.29) is 24.9 Å². The first-order chi connectivity index (χ1) is 14.9. The predicted octanol–water partition coefficient (Wildman–Crippen LogP) is 4.42. The number of likely N-dealkylation sites (tertiary alicyclic amines) is 1. The molecule has 1 fully saturated rings. The van der Waals surface area contributed by atoms with Crippen LogP contribution in [0.5, 0.6) is 5.88 Å². The van der Waals surface area contributed by atoms with Crippen molar-refractivity contribution in [3.8, 4) is 5.88 Å². The summed E-state index contributed by atoms with van der Waals surface area (Å²) in [4.78, 5) is 23.1. The molecule has 1 atom stereocenters. The molecule has 1 aliphatic rings. The Hall–Kier alpha value is -2.82. The normalized spacial score (nSPS) is 18.4. The lowest BCUT2D eigenvalue weighted by Crippen LogP contribution is -2.55. The zero-order valence-electron chi connectivity index (χ0n) is 16.2. The van der Waals surface area contributed by atoms with Crippen molar-refractivity contribution < 1.29 is 18.3 Å². The van der Waals surface area contributed by atoms with E-state index in [1.807, 2.05) is 18.2 Å². The van der Waals surface area contributed by atoms with Crippen LogP contribution in [-0.4, -0.2) is 50.3 Å². The molecule has 6 nitrogen and oxygen atoms in total. The third kappa shape index (κ3) is 3.82. The van der Waals surface area contributed by atoms with Crippen LogP contribution in [0.2, 0.25) is 0 Å². The summed E-state index contributed by atoms with van der Waals surface area (Å²) in [5.41, 5.74) is 1.53. The van der Waals surface area contributed by atoms with Gasteiger partial charge in [0.25, 0.3) is 11.8 Å². The zero-order chi connectivity index (χ0) is 21.6. The number of halogens is 3. The molecule has 1 saturated heterocycles. The quantitative estimate of drug-likeness (QED) is 0.366. The van der Waals surface area contributed by atoms with Crippen molar-refractivity contribution in [2.24, 2.45) is 0 Å². The summed E-state index contributed by atoms with van der Waals surface area (Å²) < 4.78 is 37.7. The van der Waals surface area contributed by atoms with Crippen molar-refractivity contribution in [2.45, 2.75) is 18.4 Å². The Morgan fingerprint density at radius 3 is 2.94 bits per heavy atom. The molecule has 5 rings (SSSR count). The molecule has 0 radical (unpaired) electrons. The molecule has 0 saturated carbocycles. The molecule has 1 aromatic carbocycles. The average molecular weight is 534 g/mol. The fraction of sp³-hybridized carbons (Fsp3) is 0.227. The Morgan fingerprint density at radius 1 is 1.19 bits per heavy atom. The van der Waals surface area contributed by atoms with Crippen LogP contribution in [0.25, 0.3) is 16.6 Å². The van der Waals surface area contributed by atoms with Crippen LogP contribution in [0.15, 0.2) is 61.1 Å². The Labute approximate surface area is 190 Å². The Morgan fingerprint density at radius 2 is 2.06 bits per heavy atom. The van der Waals surface area contributed by atoms with Gasteiger partial charge < -0.3 is 14.0 Å². The number of hydrogen-bond acceptors (Lipinski definition) is 4. The molecule has 0 N–H and O–H groups in total. The van der Waals surface area contributed by atoms with Gasteiger partial charge in [0.05, 0.1) is 17.6 Å². The standard InChI is InChI=1S/C22H17F2IN4O2/c23-22(24)7-10-29(21(30)16-2-1-9-28-11-8-26-20(16)28)13-18(22)31-19-6-3-14-12-15(25)4-5-17(14)27-19/h1-6,8-9,11-12,18H,7,10,13H2/t18-/m0/s1. The minimum atomic E-state index is -3.07.